The molecule has 2 aromatic carbocycles. The van der Waals surface area contributed by atoms with Gasteiger partial charge in [0.25, 0.3) is 0 Å². The Hall–Kier alpha value is -2.66. The summed E-state index contributed by atoms with van der Waals surface area (Å²) in [6.07, 6.45) is 4.84. The Labute approximate surface area is 137 Å². The van der Waals surface area contributed by atoms with Crippen LogP contribution in [0.25, 0.3) is 21.1 Å². The van der Waals surface area contributed by atoms with E-state index >= 15 is 0 Å². The maximum Gasteiger partial charge on any atom is 0.204 e. The molecule has 4 rings (SSSR count). The highest BCUT2D eigenvalue weighted by Crippen LogP contribution is 2.25. The van der Waals surface area contributed by atoms with Crippen molar-refractivity contribution in [3.05, 3.63) is 59.8 Å². The van der Waals surface area contributed by atoms with Crippen molar-refractivity contribution < 1.29 is 0 Å². The number of thiazole rings is 1. The molecular weight excluding hydrogens is 304 g/mol. The Morgan fingerprint density at radius 2 is 2.13 bits per heavy atom. The van der Waals surface area contributed by atoms with E-state index < -0.39 is 0 Å². The molecule has 0 unspecified atom stereocenters. The second-order valence-corrected chi connectivity index (χ2v) is 6.32. The molecule has 4 aromatic rings. The molecule has 0 saturated carbocycles. The van der Waals surface area contributed by atoms with Crippen LogP contribution in [0.5, 0.6) is 0 Å². The van der Waals surface area contributed by atoms with E-state index in [9.17, 15) is 0 Å². The molecule has 0 atom stereocenters. The van der Waals surface area contributed by atoms with Crippen molar-refractivity contribution in [3.8, 4) is 0 Å². The van der Waals surface area contributed by atoms with Crippen molar-refractivity contribution in [2.24, 2.45) is 5.10 Å². The predicted molar refractivity (Wildman–Crippen MR) is 98.5 cm³/mol. The van der Waals surface area contributed by atoms with Gasteiger partial charge in [-0.1, -0.05) is 48.6 Å². The first-order chi connectivity index (χ1) is 11.3. The number of aryl methyl sites for hydroxylation is 1. The molecule has 0 fully saturated rings. The number of H-pyrrole nitrogens is 1. The van der Waals surface area contributed by atoms with Crippen LogP contribution in [0, 0.1) is 0 Å². The lowest BCUT2D eigenvalue weighted by Crippen LogP contribution is -1.89. The monoisotopic (exact) mass is 320 g/mol. The first-order valence-electron chi connectivity index (χ1n) is 7.59. The molecule has 2 N–H and O–H groups in total. The van der Waals surface area contributed by atoms with E-state index in [0.717, 1.165) is 27.3 Å². The molecule has 5 heteroatoms. The number of hydrogen-bond donors (Lipinski definition) is 2. The van der Waals surface area contributed by atoms with Crippen LogP contribution in [-0.4, -0.2) is 16.2 Å². The normalized spacial score (nSPS) is 11.7. The number of nitrogens with one attached hydrogen (secondary N) is 2. The van der Waals surface area contributed by atoms with Crippen molar-refractivity contribution in [1.29, 1.82) is 0 Å². The second kappa shape index (κ2) is 5.85. The Bertz CT molecular complexity index is 964. The number of hydrazone groups is 1. The van der Waals surface area contributed by atoms with E-state index in [2.05, 4.69) is 51.7 Å². The molecule has 2 aromatic heterocycles. The van der Waals surface area contributed by atoms with Crippen LogP contribution in [-0.2, 0) is 6.42 Å². The van der Waals surface area contributed by atoms with E-state index in [1.807, 2.05) is 30.6 Å². The number of nitrogens with zero attached hydrogens (tertiary/aromatic N) is 2. The van der Waals surface area contributed by atoms with Crippen LogP contribution in [0.4, 0.5) is 5.13 Å². The molecule has 0 bridgehead atoms. The minimum atomic E-state index is 0.802. The second-order valence-electron chi connectivity index (χ2n) is 5.29. The molecule has 0 saturated heterocycles. The average molecular weight is 320 g/mol. The van der Waals surface area contributed by atoms with Gasteiger partial charge in [-0.05, 0) is 24.1 Å². The van der Waals surface area contributed by atoms with Crippen molar-refractivity contribution in [2.45, 2.75) is 13.3 Å². The number of fused-ring (bicyclic) bond motifs is 2. The van der Waals surface area contributed by atoms with Gasteiger partial charge in [0.1, 0.15) is 0 Å². The zero-order valence-electron chi connectivity index (χ0n) is 12.7. The van der Waals surface area contributed by atoms with Gasteiger partial charge in [-0.15, -0.1) is 0 Å². The van der Waals surface area contributed by atoms with E-state index in [-0.39, 0.29) is 0 Å². The van der Waals surface area contributed by atoms with E-state index in [1.165, 1.54) is 16.5 Å². The minimum absolute atomic E-state index is 0.802. The fourth-order valence-electron chi connectivity index (χ4n) is 2.72. The van der Waals surface area contributed by atoms with Gasteiger partial charge < -0.3 is 4.98 Å². The zero-order chi connectivity index (χ0) is 15.6. The predicted octanol–water partition coefficient (Wildman–Crippen LogP) is 4.79. The largest absolute Gasteiger partial charge is 0.360 e. The van der Waals surface area contributed by atoms with Gasteiger partial charge in [-0.25, -0.2) is 4.98 Å². The number of rotatable bonds is 4. The third kappa shape index (κ3) is 2.59. The molecule has 114 valence electrons. The number of benzene rings is 2. The van der Waals surface area contributed by atoms with E-state index in [4.69, 9.17) is 0 Å². The summed E-state index contributed by atoms with van der Waals surface area (Å²) in [5, 5.41) is 6.33. The number of aromatic amines is 1. The highest BCUT2D eigenvalue weighted by molar-refractivity contribution is 7.22. The van der Waals surface area contributed by atoms with E-state index in [0.29, 0.717) is 0 Å². The van der Waals surface area contributed by atoms with Crippen molar-refractivity contribution in [2.75, 3.05) is 5.43 Å². The Balaban J connectivity index is 1.59. The number of hydrogen-bond acceptors (Lipinski definition) is 4. The Morgan fingerprint density at radius 3 is 3.00 bits per heavy atom. The minimum Gasteiger partial charge on any atom is -0.360 e. The number of aromatic nitrogens is 2. The summed E-state index contributed by atoms with van der Waals surface area (Å²) in [5.74, 6) is 0. The fraction of sp³-hybridized carbons (Fsp3) is 0.111. The van der Waals surface area contributed by atoms with Crippen LogP contribution in [0.2, 0.25) is 0 Å². The lowest BCUT2D eigenvalue weighted by Gasteiger charge is -1.98. The van der Waals surface area contributed by atoms with Crippen LogP contribution < -0.4 is 5.43 Å². The van der Waals surface area contributed by atoms with Crippen LogP contribution in [0.3, 0.4) is 0 Å². The highest BCUT2D eigenvalue weighted by Gasteiger charge is 2.05. The van der Waals surface area contributed by atoms with Crippen molar-refractivity contribution >= 4 is 43.8 Å². The summed E-state index contributed by atoms with van der Waals surface area (Å²) in [4.78, 5) is 7.85. The summed E-state index contributed by atoms with van der Waals surface area (Å²) in [6.45, 7) is 2.16. The van der Waals surface area contributed by atoms with Gasteiger partial charge in [-0.3, -0.25) is 5.43 Å². The smallest absolute Gasteiger partial charge is 0.204 e. The summed E-state index contributed by atoms with van der Waals surface area (Å²) >= 11 is 1.60. The molecule has 2 heterocycles. The van der Waals surface area contributed by atoms with Crippen LogP contribution >= 0.6 is 11.3 Å². The maximum absolute atomic E-state index is 4.51. The van der Waals surface area contributed by atoms with Gasteiger partial charge in [0.2, 0.25) is 5.13 Å². The Morgan fingerprint density at radius 1 is 1.22 bits per heavy atom. The van der Waals surface area contributed by atoms with Crippen molar-refractivity contribution in [1.82, 2.24) is 9.97 Å². The summed E-state index contributed by atoms with van der Waals surface area (Å²) < 4.78 is 1.16. The van der Waals surface area contributed by atoms with Crippen molar-refractivity contribution in [3.63, 3.8) is 0 Å². The highest BCUT2D eigenvalue weighted by atomic mass is 32.1. The summed E-state index contributed by atoms with van der Waals surface area (Å²) in [7, 11) is 0. The van der Waals surface area contributed by atoms with E-state index in [1.54, 1.807) is 11.3 Å². The number of para-hydroxylation sites is 2. The quantitative estimate of drug-likeness (QED) is 0.420. The molecule has 0 spiro atoms. The molecule has 0 aliphatic carbocycles. The van der Waals surface area contributed by atoms with Gasteiger partial charge in [0.05, 0.1) is 16.4 Å². The first-order valence-corrected chi connectivity index (χ1v) is 8.40. The standard InChI is InChI=1S/C18H16N4S/c1-2-12-6-5-7-14-13(10-19-17(12)14)11-20-22-18-21-15-8-3-4-9-16(15)23-18/h3-11,19H,2H2,1H3,(H,21,22)/b20-11+. The van der Waals surface area contributed by atoms with Gasteiger partial charge >= 0.3 is 0 Å². The maximum atomic E-state index is 4.51. The molecule has 4 nitrogen and oxygen atoms in total. The van der Waals surface area contributed by atoms with Gasteiger partial charge in [-0.2, -0.15) is 5.10 Å². The van der Waals surface area contributed by atoms with Crippen LogP contribution in [0.15, 0.2) is 53.8 Å². The van der Waals surface area contributed by atoms with Gasteiger partial charge in [0.15, 0.2) is 0 Å². The molecular formula is C18H16N4S. The SMILES string of the molecule is CCc1cccc2c(/C=N/Nc3nc4ccccc4s3)c[nH]c12. The lowest BCUT2D eigenvalue weighted by molar-refractivity contribution is 1.15. The third-order valence-electron chi connectivity index (χ3n) is 3.87. The summed E-state index contributed by atoms with van der Waals surface area (Å²) in [6, 6.07) is 14.4. The third-order valence-corrected chi connectivity index (χ3v) is 4.81. The topological polar surface area (TPSA) is 53.1 Å². The lowest BCUT2D eigenvalue weighted by atomic mass is 10.1. The average Bonchev–Trinajstić information content (AvgIpc) is 3.18. The molecule has 0 radical (unpaired) electrons. The fourth-order valence-corrected chi connectivity index (χ4v) is 3.53. The van der Waals surface area contributed by atoms with Crippen LogP contribution in [0.1, 0.15) is 18.1 Å². The van der Waals surface area contributed by atoms with Gasteiger partial charge in [0, 0.05) is 22.7 Å². The summed E-state index contributed by atoms with van der Waals surface area (Å²) in [5.41, 5.74) is 7.61. The molecule has 0 amide bonds. The number of anilines is 1. The molecule has 0 aliphatic heterocycles. The molecule has 23 heavy (non-hydrogen) atoms. The molecule has 0 aliphatic rings. The zero-order valence-corrected chi connectivity index (χ0v) is 13.5. The first kappa shape index (κ1) is 14.0. The Kier molecular flexibility index (Phi) is 3.55.